The Balaban J connectivity index is 1.30. The Morgan fingerprint density at radius 2 is 1.88 bits per heavy atom. The van der Waals surface area contributed by atoms with Gasteiger partial charge in [0.15, 0.2) is 0 Å². The predicted octanol–water partition coefficient (Wildman–Crippen LogP) is 4.28. The molecule has 0 bridgehead atoms. The van der Waals surface area contributed by atoms with E-state index in [1.54, 1.807) is 12.1 Å². The van der Waals surface area contributed by atoms with Gasteiger partial charge in [-0.1, -0.05) is 16.7 Å². The maximum absolute atomic E-state index is 13.2. The molecule has 0 radical (unpaired) electrons. The first-order valence-electron chi connectivity index (χ1n) is 10.1. The molecule has 0 atom stereocenters. The van der Waals surface area contributed by atoms with Crippen LogP contribution in [0.4, 0.5) is 21.8 Å². The third-order valence-electron chi connectivity index (χ3n) is 5.10. The quantitative estimate of drug-likeness (QED) is 0.456. The molecule has 2 heterocycles. The summed E-state index contributed by atoms with van der Waals surface area (Å²) in [6.07, 6.45) is 3.77. The summed E-state index contributed by atoms with van der Waals surface area (Å²) in [7, 11) is 0. The molecule has 1 aliphatic carbocycles. The summed E-state index contributed by atoms with van der Waals surface area (Å²) in [6.45, 7) is 0. The molecular formula is C21H19ClFN5O5. The van der Waals surface area contributed by atoms with Crippen LogP contribution < -0.4 is 15.4 Å². The maximum Gasteiger partial charge on any atom is 0.320 e. The molecule has 1 amide bonds. The second-order valence-electron chi connectivity index (χ2n) is 7.44. The van der Waals surface area contributed by atoms with Crippen molar-refractivity contribution in [2.24, 2.45) is 5.92 Å². The molecule has 0 saturated heterocycles. The number of anilines is 3. The predicted molar refractivity (Wildman–Crippen MR) is 115 cm³/mol. The molecule has 1 aliphatic rings. The minimum Gasteiger partial charge on any atom is -0.481 e. The highest BCUT2D eigenvalue weighted by molar-refractivity contribution is 6.31. The number of aromatic nitrogens is 3. The van der Waals surface area contributed by atoms with Gasteiger partial charge in [-0.25, -0.2) is 9.37 Å². The number of hydrogen-bond donors (Lipinski definition) is 3. The van der Waals surface area contributed by atoms with E-state index in [1.807, 2.05) is 0 Å². The van der Waals surface area contributed by atoms with Crippen LogP contribution in [-0.2, 0) is 4.79 Å². The van der Waals surface area contributed by atoms with Crippen LogP contribution >= 0.6 is 11.6 Å². The SMILES string of the molecule is O=C(Nc1ccc(O[C@H]2CC[C@H](C(=O)O)CC2)nc1)c1nnc(Nc2ccc(F)c(Cl)c2)o1. The zero-order valence-electron chi connectivity index (χ0n) is 17.1. The van der Waals surface area contributed by atoms with E-state index in [4.69, 9.17) is 25.9 Å². The molecule has 1 fully saturated rings. The standard InChI is InChI=1S/C21H19ClFN5O5/c22-15-9-12(3-7-16(15)23)26-21-28-27-19(33-21)18(29)25-13-4-8-17(24-10-13)32-14-5-1-11(2-6-14)20(30)31/h3-4,7-11,14H,1-2,5-6H2,(H,25,29)(H,26,28)(H,30,31)/t11-,14-. The van der Waals surface area contributed by atoms with Gasteiger partial charge in [-0.2, -0.15) is 0 Å². The largest absolute Gasteiger partial charge is 0.481 e. The Hall–Kier alpha value is -3.73. The molecule has 12 heteroatoms. The molecule has 10 nitrogen and oxygen atoms in total. The lowest BCUT2D eigenvalue weighted by Gasteiger charge is -2.26. The second-order valence-corrected chi connectivity index (χ2v) is 7.84. The van der Waals surface area contributed by atoms with Gasteiger partial charge in [-0.15, -0.1) is 5.10 Å². The highest BCUT2D eigenvalue weighted by Crippen LogP contribution is 2.27. The van der Waals surface area contributed by atoms with Crippen molar-refractivity contribution in [2.75, 3.05) is 10.6 Å². The maximum atomic E-state index is 13.2. The number of rotatable bonds is 7. The molecule has 172 valence electrons. The molecule has 1 aromatic carbocycles. The lowest BCUT2D eigenvalue weighted by Crippen LogP contribution is -2.28. The molecule has 0 unspecified atom stereocenters. The number of amides is 1. The van der Waals surface area contributed by atoms with Crippen molar-refractivity contribution in [1.29, 1.82) is 0 Å². The van der Waals surface area contributed by atoms with Gasteiger partial charge in [0.2, 0.25) is 5.88 Å². The highest BCUT2D eigenvalue weighted by atomic mass is 35.5. The summed E-state index contributed by atoms with van der Waals surface area (Å²) in [5.41, 5.74) is 0.799. The van der Waals surface area contributed by atoms with E-state index in [0.29, 0.717) is 42.9 Å². The first kappa shape index (κ1) is 22.5. The van der Waals surface area contributed by atoms with E-state index in [-0.39, 0.29) is 28.9 Å². The van der Waals surface area contributed by atoms with Crippen LogP contribution in [0.15, 0.2) is 40.9 Å². The van der Waals surface area contributed by atoms with Crippen molar-refractivity contribution in [3.05, 3.63) is 53.3 Å². The first-order valence-corrected chi connectivity index (χ1v) is 10.5. The van der Waals surface area contributed by atoms with E-state index in [0.717, 1.165) is 0 Å². The molecule has 0 aliphatic heterocycles. The number of carbonyl (C=O) groups is 2. The summed E-state index contributed by atoms with van der Waals surface area (Å²) in [6, 6.07) is 7.10. The van der Waals surface area contributed by atoms with Crippen molar-refractivity contribution < 1.29 is 28.2 Å². The third-order valence-corrected chi connectivity index (χ3v) is 5.38. The van der Waals surface area contributed by atoms with Gasteiger partial charge in [0, 0.05) is 11.8 Å². The van der Waals surface area contributed by atoms with Crippen molar-refractivity contribution >= 4 is 40.9 Å². The van der Waals surface area contributed by atoms with Crippen molar-refractivity contribution in [1.82, 2.24) is 15.2 Å². The Morgan fingerprint density at radius 1 is 1.12 bits per heavy atom. The van der Waals surface area contributed by atoms with Crippen LogP contribution in [0.5, 0.6) is 5.88 Å². The number of nitrogens with zero attached hydrogens (tertiary/aromatic N) is 3. The number of carboxylic acid groups (broad SMARTS) is 1. The van der Waals surface area contributed by atoms with E-state index in [1.165, 1.54) is 24.4 Å². The number of pyridine rings is 1. The Bertz CT molecular complexity index is 1150. The Labute approximate surface area is 192 Å². The Morgan fingerprint density at radius 3 is 2.55 bits per heavy atom. The monoisotopic (exact) mass is 475 g/mol. The average molecular weight is 476 g/mol. The van der Waals surface area contributed by atoms with E-state index >= 15 is 0 Å². The Kier molecular flexibility index (Phi) is 6.68. The van der Waals surface area contributed by atoms with Gasteiger partial charge in [0.25, 0.3) is 0 Å². The van der Waals surface area contributed by atoms with Crippen LogP contribution in [0.3, 0.4) is 0 Å². The van der Waals surface area contributed by atoms with Gasteiger partial charge in [0.1, 0.15) is 11.9 Å². The van der Waals surface area contributed by atoms with Crippen LogP contribution in [0, 0.1) is 11.7 Å². The molecule has 4 rings (SSSR count). The number of benzene rings is 1. The normalized spacial score (nSPS) is 17.9. The van der Waals surface area contributed by atoms with Gasteiger partial charge in [-0.3, -0.25) is 9.59 Å². The zero-order valence-corrected chi connectivity index (χ0v) is 17.9. The highest BCUT2D eigenvalue weighted by Gasteiger charge is 2.27. The smallest absolute Gasteiger partial charge is 0.320 e. The fourth-order valence-corrected chi connectivity index (χ4v) is 3.55. The van der Waals surface area contributed by atoms with Gasteiger partial charge in [-0.05, 0) is 49.9 Å². The van der Waals surface area contributed by atoms with Crippen LogP contribution in [0.2, 0.25) is 5.02 Å². The minimum atomic E-state index is -0.768. The number of halogens is 2. The van der Waals surface area contributed by atoms with E-state index < -0.39 is 17.7 Å². The lowest BCUT2D eigenvalue weighted by molar-refractivity contribution is -0.143. The summed E-state index contributed by atoms with van der Waals surface area (Å²) in [4.78, 5) is 27.6. The molecule has 0 spiro atoms. The number of hydrogen-bond acceptors (Lipinski definition) is 8. The zero-order chi connectivity index (χ0) is 23.4. The molecule has 33 heavy (non-hydrogen) atoms. The summed E-state index contributed by atoms with van der Waals surface area (Å²) in [5.74, 6) is -2.20. The van der Waals surface area contributed by atoms with Crippen molar-refractivity contribution in [2.45, 2.75) is 31.8 Å². The lowest BCUT2D eigenvalue weighted by atomic mass is 9.87. The third kappa shape index (κ3) is 5.75. The van der Waals surface area contributed by atoms with Crippen molar-refractivity contribution in [3.8, 4) is 5.88 Å². The molecule has 2 aromatic heterocycles. The molecule has 3 N–H and O–H groups in total. The minimum absolute atomic E-state index is 0.0673. The van der Waals surface area contributed by atoms with E-state index in [2.05, 4.69) is 25.8 Å². The number of ether oxygens (including phenoxy) is 1. The molecule has 3 aromatic rings. The summed E-state index contributed by atoms with van der Waals surface area (Å²) in [5, 5.41) is 21.7. The van der Waals surface area contributed by atoms with Gasteiger partial charge >= 0.3 is 23.8 Å². The molecular weight excluding hydrogens is 457 g/mol. The van der Waals surface area contributed by atoms with Crippen molar-refractivity contribution in [3.63, 3.8) is 0 Å². The topological polar surface area (TPSA) is 139 Å². The summed E-state index contributed by atoms with van der Waals surface area (Å²) < 4.78 is 24.3. The van der Waals surface area contributed by atoms with Gasteiger partial charge < -0.3 is 24.9 Å². The van der Waals surface area contributed by atoms with Crippen LogP contribution in [0.25, 0.3) is 0 Å². The fourth-order valence-electron chi connectivity index (χ4n) is 3.37. The number of aliphatic carboxylic acids is 1. The number of carboxylic acids is 1. The number of carbonyl (C=O) groups excluding carboxylic acids is 1. The van der Waals surface area contributed by atoms with Crippen LogP contribution in [-0.4, -0.2) is 38.3 Å². The number of nitrogens with one attached hydrogen (secondary N) is 2. The molecule has 1 saturated carbocycles. The summed E-state index contributed by atoms with van der Waals surface area (Å²) >= 11 is 5.73. The fraction of sp³-hybridized carbons (Fsp3) is 0.286. The second kappa shape index (κ2) is 9.82. The average Bonchev–Trinajstić information content (AvgIpc) is 3.27. The van der Waals surface area contributed by atoms with E-state index in [9.17, 15) is 14.0 Å². The van der Waals surface area contributed by atoms with Crippen LogP contribution in [0.1, 0.15) is 36.4 Å². The van der Waals surface area contributed by atoms with Gasteiger partial charge in [0.05, 0.1) is 22.8 Å². The first-order chi connectivity index (χ1) is 15.9.